The molecule has 0 radical (unpaired) electrons. The van der Waals surface area contributed by atoms with E-state index in [4.69, 9.17) is 0 Å². The maximum Gasteiger partial charge on any atom is 0.289 e. The van der Waals surface area contributed by atoms with Crippen LogP contribution in [0, 0.1) is 23.0 Å². The SMILES string of the molecule is Cc1cccc([N+](=O)[O-])c1S(=O)(=O)N1CC(O)(C2CC2)C1. The Labute approximate surface area is 122 Å². The van der Waals surface area contributed by atoms with E-state index in [0.717, 1.165) is 17.1 Å². The summed E-state index contributed by atoms with van der Waals surface area (Å²) in [6.45, 7) is 1.57. The summed E-state index contributed by atoms with van der Waals surface area (Å²) >= 11 is 0. The van der Waals surface area contributed by atoms with E-state index >= 15 is 0 Å². The third-order valence-corrected chi connectivity index (χ3v) is 6.21. The summed E-state index contributed by atoms with van der Waals surface area (Å²) < 4.78 is 26.3. The van der Waals surface area contributed by atoms with E-state index in [9.17, 15) is 23.6 Å². The predicted molar refractivity (Wildman–Crippen MR) is 74.3 cm³/mol. The van der Waals surface area contributed by atoms with Crippen molar-refractivity contribution in [3.8, 4) is 0 Å². The second-order valence-corrected chi connectivity index (χ2v) is 7.71. The second-order valence-electron chi connectivity index (χ2n) is 5.83. The minimum atomic E-state index is -3.95. The number of aliphatic hydroxyl groups is 1. The number of nitro benzene ring substituents is 1. The van der Waals surface area contributed by atoms with Gasteiger partial charge in [0, 0.05) is 19.2 Å². The van der Waals surface area contributed by atoms with Crippen molar-refractivity contribution in [2.24, 2.45) is 5.92 Å². The zero-order valence-corrected chi connectivity index (χ0v) is 12.3. The van der Waals surface area contributed by atoms with Crippen LogP contribution in [0.4, 0.5) is 5.69 Å². The molecule has 8 heteroatoms. The molecular weight excluding hydrogens is 296 g/mol. The third-order valence-electron chi connectivity index (χ3n) is 4.22. The molecule has 1 aromatic carbocycles. The van der Waals surface area contributed by atoms with Crippen molar-refractivity contribution in [3.63, 3.8) is 0 Å². The van der Waals surface area contributed by atoms with Crippen molar-refractivity contribution in [1.29, 1.82) is 0 Å². The molecule has 1 saturated carbocycles. The molecule has 3 rings (SSSR count). The van der Waals surface area contributed by atoms with E-state index in [1.807, 2.05) is 0 Å². The van der Waals surface area contributed by atoms with Gasteiger partial charge in [-0.25, -0.2) is 8.42 Å². The van der Waals surface area contributed by atoms with Crippen LogP contribution in [0.3, 0.4) is 0 Å². The molecule has 2 fully saturated rings. The highest BCUT2D eigenvalue weighted by Crippen LogP contribution is 2.46. The molecule has 21 heavy (non-hydrogen) atoms. The van der Waals surface area contributed by atoms with E-state index < -0.39 is 26.2 Å². The summed E-state index contributed by atoms with van der Waals surface area (Å²) in [6.07, 6.45) is 1.82. The molecule has 1 aliphatic carbocycles. The quantitative estimate of drug-likeness (QED) is 0.661. The number of hydrogen-bond acceptors (Lipinski definition) is 5. The molecule has 1 N–H and O–H groups in total. The van der Waals surface area contributed by atoms with Crippen molar-refractivity contribution in [1.82, 2.24) is 4.31 Å². The molecule has 0 aromatic heterocycles. The van der Waals surface area contributed by atoms with Crippen molar-refractivity contribution in [3.05, 3.63) is 33.9 Å². The number of benzene rings is 1. The van der Waals surface area contributed by atoms with Crippen LogP contribution < -0.4 is 0 Å². The van der Waals surface area contributed by atoms with Crippen LogP contribution in [0.5, 0.6) is 0 Å². The summed E-state index contributed by atoms with van der Waals surface area (Å²) in [5.41, 5.74) is -1.03. The van der Waals surface area contributed by atoms with Gasteiger partial charge in [-0.1, -0.05) is 12.1 Å². The molecule has 0 bridgehead atoms. The summed E-state index contributed by atoms with van der Waals surface area (Å²) in [4.78, 5) is 10.1. The van der Waals surface area contributed by atoms with E-state index in [0.29, 0.717) is 5.56 Å². The first-order valence-corrected chi connectivity index (χ1v) is 8.16. The van der Waals surface area contributed by atoms with Gasteiger partial charge in [0.25, 0.3) is 5.69 Å². The molecule has 1 aromatic rings. The molecule has 0 atom stereocenters. The first-order valence-electron chi connectivity index (χ1n) is 6.72. The number of rotatable bonds is 4. The standard InChI is InChI=1S/C13H16N2O5S/c1-9-3-2-4-11(15(17)18)12(9)21(19,20)14-7-13(16,8-14)10-5-6-10/h2-4,10,16H,5-8H2,1H3. The number of hydrogen-bond donors (Lipinski definition) is 1. The lowest BCUT2D eigenvalue weighted by molar-refractivity contribution is -0.388. The van der Waals surface area contributed by atoms with Gasteiger partial charge in [-0.05, 0) is 31.2 Å². The Hall–Kier alpha value is -1.51. The van der Waals surface area contributed by atoms with E-state index in [1.165, 1.54) is 25.1 Å². The molecule has 1 heterocycles. The van der Waals surface area contributed by atoms with E-state index in [2.05, 4.69) is 0 Å². The van der Waals surface area contributed by atoms with Crippen LogP contribution in [0.15, 0.2) is 23.1 Å². The predicted octanol–water partition coefficient (Wildman–Crippen LogP) is 1.05. The lowest BCUT2D eigenvalue weighted by Gasteiger charge is -2.45. The van der Waals surface area contributed by atoms with Gasteiger partial charge in [0.15, 0.2) is 4.90 Å². The minimum absolute atomic E-state index is 0.0193. The van der Waals surface area contributed by atoms with Crippen molar-refractivity contribution >= 4 is 15.7 Å². The van der Waals surface area contributed by atoms with Gasteiger partial charge in [-0.15, -0.1) is 0 Å². The van der Waals surface area contributed by atoms with Gasteiger partial charge in [0.05, 0.1) is 10.5 Å². The zero-order chi connectivity index (χ0) is 15.4. The van der Waals surface area contributed by atoms with Gasteiger partial charge in [-0.2, -0.15) is 4.31 Å². The lowest BCUT2D eigenvalue weighted by atomic mass is 9.91. The third kappa shape index (κ3) is 2.23. The first kappa shape index (κ1) is 14.4. The van der Waals surface area contributed by atoms with Crippen LogP contribution in [-0.4, -0.2) is 41.4 Å². The Bertz CT molecular complexity index is 705. The average molecular weight is 312 g/mol. The number of sulfonamides is 1. The van der Waals surface area contributed by atoms with Gasteiger partial charge in [0.1, 0.15) is 0 Å². The molecule has 1 saturated heterocycles. The topological polar surface area (TPSA) is 101 Å². The fraction of sp³-hybridized carbons (Fsp3) is 0.538. The molecule has 114 valence electrons. The molecule has 2 aliphatic rings. The highest BCUT2D eigenvalue weighted by atomic mass is 32.2. The normalized spacial score (nSPS) is 21.8. The highest BCUT2D eigenvalue weighted by Gasteiger charge is 2.56. The maximum absolute atomic E-state index is 12.6. The number of nitro groups is 1. The Balaban J connectivity index is 1.95. The van der Waals surface area contributed by atoms with Crippen LogP contribution >= 0.6 is 0 Å². The Kier molecular flexibility index (Phi) is 3.09. The number of β-amino-alcohol motifs (C(OH)–C–C–N with tert-alkyl or cyclic N) is 1. The van der Waals surface area contributed by atoms with Gasteiger partial charge >= 0.3 is 0 Å². The van der Waals surface area contributed by atoms with Crippen molar-refractivity contribution in [2.75, 3.05) is 13.1 Å². The monoisotopic (exact) mass is 312 g/mol. The van der Waals surface area contributed by atoms with Crippen molar-refractivity contribution < 1.29 is 18.4 Å². The Morgan fingerprint density at radius 1 is 1.38 bits per heavy atom. The van der Waals surface area contributed by atoms with Crippen LogP contribution in [0.1, 0.15) is 18.4 Å². The second kappa shape index (κ2) is 4.49. The van der Waals surface area contributed by atoms with Crippen LogP contribution in [0.25, 0.3) is 0 Å². The minimum Gasteiger partial charge on any atom is -0.387 e. The van der Waals surface area contributed by atoms with Gasteiger partial charge < -0.3 is 5.11 Å². The summed E-state index contributed by atoms with van der Waals surface area (Å²) in [5, 5.41) is 21.3. The fourth-order valence-corrected chi connectivity index (χ4v) is 4.79. The Morgan fingerprint density at radius 2 is 2.00 bits per heavy atom. The largest absolute Gasteiger partial charge is 0.387 e. The average Bonchev–Trinajstić information content (AvgIpc) is 3.18. The molecule has 7 nitrogen and oxygen atoms in total. The molecule has 0 unspecified atom stereocenters. The van der Waals surface area contributed by atoms with E-state index in [-0.39, 0.29) is 23.9 Å². The Morgan fingerprint density at radius 3 is 2.52 bits per heavy atom. The van der Waals surface area contributed by atoms with Gasteiger partial charge in [0.2, 0.25) is 10.0 Å². The summed E-state index contributed by atoms with van der Waals surface area (Å²) in [5.74, 6) is 0.163. The van der Waals surface area contributed by atoms with Gasteiger partial charge in [-0.3, -0.25) is 10.1 Å². The number of aryl methyl sites for hydroxylation is 1. The maximum atomic E-state index is 12.6. The molecule has 0 spiro atoms. The molecule has 0 amide bonds. The van der Waals surface area contributed by atoms with Crippen molar-refractivity contribution in [2.45, 2.75) is 30.3 Å². The summed E-state index contributed by atoms with van der Waals surface area (Å²) in [7, 11) is -3.95. The highest BCUT2D eigenvalue weighted by molar-refractivity contribution is 7.89. The first-order chi connectivity index (χ1) is 9.75. The molecular formula is C13H16N2O5S. The van der Waals surface area contributed by atoms with E-state index in [1.54, 1.807) is 0 Å². The number of nitrogens with zero attached hydrogens (tertiary/aromatic N) is 2. The van der Waals surface area contributed by atoms with Crippen LogP contribution in [0.2, 0.25) is 0 Å². The lowest BCUT2D eigenvalue weighted by Crippen LogP contribution is -2.64. The molecule has 1 aliphatic heterocycles. The zero-order valence-electron chi connectivity index (χ0n) is 11.5. The smallest absolute Gasteiger partial charge is 0.289 e. The summed E-state index contributed by atoms with van der Waals surface area (Å²) in [6, 6.07) is 4.18. The fourth-order valence-electron chi connectivity index (χ4n) is 2.86. The van der Waals surface area contributed by atoms with Crippen LogP contribution in [-0.2, 0) is 10.0 Å².